The molecule has 132 valence electrons. The minimum atomic E-state index is -0.357. The summed E-state index contributed by atoms with van der Waals surface area (Å²) in [5, 5.41) is 1.56. The van der Waals surface area contributed by atoms with Crippen LogP contribution in [0.4, 0.5) is 5.69 Å². The molecule has 0 radical (unpaired) electrons. The van der Waals surface area contributed by atoms with E-state index in [9.17, 15) is 14.4 Å². The van der Waals surface area contributed by atoms with Crippen LogP contribution < -0.4 is 10.6 Å². The van der Waals surface area contributed by atoms with Crippen molar-refractivity contribution >= 4 is 39.3 Å². The Kier molecular flexibility index (Phi) is 2.98. The van der Waals surface area contributed by atoms with E-state index in [1.54, 1.807) is 44.4 Å². The Morgan fingerprint density at radius 1 is 0.704 bits per heavy atom. The zero-order chi connectivity index (χ0) is 18.9. The fourth-order valence-corrected chi connectivity index (χ4v) is 3.90. The molecule has 1 aliphatic heterocycles. The SMILES string of the molecule is Cn1c(=O)n(C)c2cc(N3C(=O)c4cccc5cccc(c45)C3=O)ccc21. The number of carbonyl (C=O) groups is 2. The molecule has 0 bridgehead atoms. The fraction of sp³-hybridized carbons (Fsp3) is 0.0952. The van der Waals surface area contributed by atoms with Gasteiger partial charge in [0.15, 0.2) is 0 Å². The van der Waals surface area contributed by atoms with Crippen LogP contribution in [0.25, 0.3) is 21.8 Å². The first-order valence-corrected chi connectivity index (χ1v) is 8.55. The van der Waals surface area contributed by atoms with Crippen molar-refractivity contribution < 1.29 is 9.59 Å². The first-order valence-electron chi connectivity index (χ1n) is 8.55. The molecule has 0 spiro atoms. The number of aromatic nitrogens is 2. The predicted molar refractivity (Wildman–Crippen MR) is 103 cm³/mol. The smallest absolute Gasteiger partial charge is 0.295 e. The molecule has 0 unspecified atom stereocenters. The zero-order valence-electron chi connectivity index (χ0n) is 14.8. The molecule has 27 heavy (non-hydrogen) atoms. The van der Waals surface area contributed by atoms with Gasteiger partial charge in [-0.3, -0.25) is 18.7 Å². The second-order valence-electron chi connectivity index (χ2n) is 6.73. The molecule has 5 rings (SSSR count). The molecular formula is C21H15N3O3. The minimum Gasteiger partial charge on any atom is -0.295 e. The van der Waals surface area contributed by atoms with E-state index in [-0.39, 0.29) is 17.5 Å². The average Bonchev–Trinajstić information content (AvgIpc) is 2.90. The second-order valence-corrected chi connectivity index (χ2v) is 6.73. The lowest BCUT2D eigenvalue weighted by atomic mass is 9.94. The van der Waals surface area contributed by atoms with Gasteiger partial charge in [0.2, 0.25) is 0 Å². The Labute approximate surface area is 153 Å². The highest BCUT2D eigenvalue weighted by Gasteiger charge is 2.34. The Morgan fingerprint density at radius 2 is 1.30 bits per heavy atom. The Balaban J connectivity index is 1.76. The number of rotatable bonds is 1. The number of fused-ring (bicyclic) bond motifs is 1. The van der Waals surface area contributed by atoms with E-state index < -0.39 is 0 Å². The molecule has 0 aliphatic carbocycles. The van der Waals surface area contributed by atoms with Crippen molar-refractivity contribution in [2.45, 2.75) is 0 Å². The maximum Gasteiger partial charge on any atom is 0.328 e. The summed E-state index contributed by atoms with van der Waals surface area (Å²) in [5.74, 6) is -0.714. The summed E-state index contributed by atoms with van der Waals surface area (Å²) >= 11 is 0. The summed E-state index contributed by atoms with van der Waals surface area (Å²) < 4.78 is 3.04. The lowest BCUT2D eigenvalue weighted by molar-refractivity contribution is 0.0893. The lowest BCUT2D eigenvalue weighted by Crippen LogP contribution is -2.40. The van der Waals surface area contributed by atoms with Crippen molar-refractivity contribution in [3.63, 3.8) is 0 Å². The Hall–Kier alpha value is -3.67. The van der Waals surface area contributed by atoms with Gasteiger partial charge in [-0.15, -0.1) is 0 Å². The van der Waals surface area contributed by atoms with Gasteiger partial charge in [-0.25, -0.2) is 9.69 Å². The minimum absolute atomic E-state index is 0.159. The number of amides is 2. The number of aryl methyl sites for hydroxylation is 2. The van der Waals surface area contributed by atoms with Crippen LogP contribution in [-0.2, 0) is 14.1 Å². The number of nitrogens with zero attached hydrogens (tertiary/aromatic N) is 3. The molecule has 2 amide bonds. The fourth-order valence-electron chi connectivity index (χ4n) is 3.90. The van der Waals surface area contributed by atoms with Crippen LogP contribution in [0.2, 0.25) is 0 Å². The number of benzene rings is 3. The van der Waals surface area contributed by atoms with E-state index in [2.05, 4.69) is 0 Å². The highest BCUT2D eigenvalue weighted by molar-refractivity contribution is 6.35. The summed E-state index contributed by atoms with van der Waals surface area (Å²) in [6, 6.07) is 16.1. The standard InChI is InChI=1S/C21H15N3O3/c1-22-16-10-9-13(11-17(16)23(2)21(22)27)24-19(25)14-7-3-5-12-6-4-8-15(18(12)14)20(24)26/h3-11H,1-2H3. The van der Waals surface area contributed by atoms with E-state index in [0.29, 0.717) is 27.7 Å². The molecule has 1 aliphatic rings. The quantitative estimate of drug-likeness (QED) is 0.492. The molecule has 6 nitrogen and oxygen atoms in total. The van der Waals surface area contributed by atoms with Gasteiger partial charge in [0.1, 0.15) is 0 Å². The molecule has 0 saturated carbocycles. The van der Waals surface area contributed by atoms with E-state index in [1.165, 1.54) is 14.0 Å². The van der Waals surface area contributed by atoms with Crippen molar-refractivity contribution in [2.24, 2.45) is 14.1 Å². The molecule has 6 heteroatoms. The van der Waals surface area contributed by atoms with Crippen LogP contribution in [0, 0.1) is 0 Å². The van der Waals surface area contributed by atoms with Gasteiger partial charge in [-0.2, -0.15) is 0 Å². The monoisotopic (exact) mass is 357 g/mol. The van der Waals surface area contributed by atoms with Crippen LogP contribution in [0.1, 0.15) is 20.7 Å². The van der Waals surface area contributed by atoms with E-state index in [4.69, 9.17) is 0 Å². The van der Waals surface area contributed by atoms with Crippen molar-refractivity contribution in [2.75, 3.05) is 4.90 Å². The number of carbonyl (C=O) groups excluding carboxylic acids is 2. The van der Waals surface area contributed by atoms with E-state index in [0.717, 1.165) is 10.9 Å². The summed E-state index contributed by atoms with van der Waals surface area (Å²) in [6.07, 6.45) is 0. The largest absolute Gasteiger partial charge is 0.328 e. The predicted octanol–water partition coefficient (Wildman–Crippen LogP) is 2.83. The van der Waals surface area contributed by atoms with Crippen LogP contribution in [-0.4, -0.2) is 20.9 Å². The van der Waals surface area contributed by atoms with Crippen LogP contribution >= 0.6 is 0 Å². The molecule has 0 N–H and O–H groups in total. The van der Waals surface area contributed by atoms with Crippen molar-refractivity contribution in [1.29, 1.82) is 0 Å². The summed E-state index contributed by atoms with van der Waals surface area (Å²) in [7, 11) is 3.36. The topological polar surface area (TPSA) is 64.3 Å². The summed E-state index contributed by atoms with van der Waals surface area (Å²) in [6.45, 7) is 0. The Bertz CT molecular complexity index is 1310. The maximum atomic E-state index is 13.1. The normalized spacial score (nSPS) is 13.8. The van der Waals surface area contributed by atoms with Crippen LogP contribution in [0.5, 0.6) is 0 Å². The van der Waals surface area contributed by atoms with Crippen molar-refractivity contribution in [3.8, 4) is 0 Å². The second kappa shape index (κ2) is 5.17. The third-order valence-electron chi connectivity index (χ3n) is 5.29. The van der Waals surface area contributed by atoms with Gasteiger partial charge < -0.3 is 0 Å². The summed E-state index contributed by atoms with van der Waals surface area (Å²) in [4.78, 5) is 39.6. The van der Waals surface area contributed by atoms with Gasteiger partial charge in [0.25, 0.3) is 11.8 Å². The first-order chi connectivity index (χ1) is 13.0. The molecule has 2 heterocycles. The highest BCUT2D eigenvalue weighted by atomic mass is 16.2. The van der Waals surface area contributed by atoms with Gasteiger partial charge in [0.05, 0.1) is 16.7 Å². The zero-order valence-corrected chi connectivity index (χ0v) is 14.8. The molecular weight excluding hydrogens is 342 g/mol. The lowest BCUT2D eigenvalue weighted by Gasteiger charge is -2.27. The third kappa shape index (κ3) is 1.92. The van der Waals surface area contributed by atoms with Crippen LogP contribution in [0.3, 0.4) is 0 Å². The van der Waals surface area contributed by atoms with Crippen molar-refractivity contribution in [1.82, 2.24) is 9.13 Å². The molecule has 0 fully saturated rings. The summed E-state index contributed by atoms with van der Waals surface area (Å²) in [5.41, 5.74) is 2.71. The maximum absolute atomic E-state index is 13.1. The highest BCUT2D eigenvalue weighted by Crippen LogP contribution is 2.33. The number of imide groups is 1. The molecule has 0 saturated heterocycles. The van der Waals surface area contributed by atoms with Crippen molar-refractivity contribution in [3.05, 3.63) is 76.2 Å². The third-order valence-corrected chi connectivity index (χ3v) is 5.29. The number of hydrogen-bond donors (Lipinski definition) is 0. The first kappa shape index (κ1) is 15.6. The molecule has 0 atom stereocenters. The van der Waals surface area contributed by atoms with Gasteiger partial charge in [-0.05, 0) is 35.7 Å². The van der Waals surface area contributed by atoms with Gasteiger partial charge >= 0.3 is 5.69 Å². The average molecular weight is 357 g/mol. The molecule has 4 aromatic rings. The molecule has 3 aromatic carbocycles. The van der Waals surface area contributed by atoms with E-state index >= 15 is 0 Å². The van der Waals surface area contributed by atoms with Gasteiger partial charge in [0, 0.05) is 30.6 Å². The number of imidazole rings is 1. The Morgan fingerprint density at radius 3 is 1.93 bits per heavy atom. The number of hydrogen-bond acceptors (Lipinski definition) is 3. The van der Waals surface area contributed by atoms with Crippen LogP contribution in [0.15, 0.2) is 59.4 Å². The van der Waals surface area contributed by atoms with Gasteiger partial charge in [-0.1, -0.05) is 24.3 Å². The molecule has 1 aromatic heterocycles. The number of anilines is 1. The van der Waals surface area contributed by atoms with E-state index in [1.807, 2.05) is 24.3 Å².